The van der Waals surface area contributed by atoms with Crippen LogP contribution in [-0.4, -0.2) is 17.5 Å². The van der Waals surface area contributed by atoms with Gasteiger partial charge in [-0.25, -0.2) is 4.98 Å². The van der Waals surface area contributed by atoms with Crippen LogP contribution in [0, 0.1) is 6.92 Å². The molecule has 3 rings (SSSR count). The highest BCUT2D eigenvalue weighted by molar-refractivity contribution is 14.0. The van der Waals surface area contributed by atoms with Gasteiger partial charge in [0, 0.05) is 22.7 Å². The summed E-state index contributed by atoms with van der Waals surface area (Å²) >= 11 is 1.69. The zero-order chi connectivity index (χ0) is 16.2. The quantitative estimate of drug-likeness (QED) is 0.405. The van der Waals surface area contributed by atoms with Crippen molar-refractivity contribution in [1.82, 2.24) is 4.98 Å². The van der Waals surface area contributed by atoms with Crippen LogP contribution in [0.5, 0.6) is 0 Å². The van der Waals surface area contributed by atoms with Gasteiger partial charge in [0.2, 0.25) is 0 Å². The summed E-state index contributed by atoms with van der Waals surface area (Å²) in [4.78, 5) is 9.02. The predicted molar refractivity (Wildman–Crippen MR) is 114 cm³/mol. The minimum Gasteiger partial charge on any atom is -0.370 e. The maximum Gasteiger partial charge on any atom is 0.193 e. The maximum atomic E-state index is 6.09. The van der Waals surface area contributed by atoms with Gasteiger partial charge in [0.1, 0.15) is 0 Å². The molecule has 0 spiro atoms. The Hall–Kier alpha value is -1.15. The monoisotopic (exact) mass is 456 g/mol. The van der Waals surface area contributed by atoms with Gasteiger partial charge in [0.05, 0.1) is 11.6 Å². The molecule has 0 radical (unpaired) electrons. The number of benzene rings is 1. The van der Waals surface area contributed by atoms with Crippen molar-refractivity contribution in [3.63, 3.8) is 0 Å². The summed E-state index contributed by atoms with van der Waals surface area (Å²) in [7, 11) is 0. The normalized spacial score (nSPS) is 15.3. The molecule has 6 heteroatoms. The zero-order valence-corrected chi connectivity index (χ0v) is 17.4. The Balaban J connectivity index is 0.00000208. The number of aromatic nitrogens is 1. The van der Waals surface area contributed by atoms with Crippen molar-refractivity contribution in [1.29, 1.82) is 0 Å². The maximum absolute atomic E-state index is 6.09. The molecule has 1 aromatic heterocycles. The molecule has 0 saturated carbocycles. The number of aryl methyl sites for hydroxylation is 2. The third-order valence-electron chi connectivity index (χ3n) is 4.25. The van der Waals surface area contributed by atoms with Crippen LogP contribution in [0.1, 0.15) is 47.5 Å². The lowest BCUT2D eigenvalue weighted by molar-refractivity contribution is 0.687. The van der Waals surface area contributed by atoms with Crippen LogP contribution in [-0.2, 0) is 12.8 Å². The summed E-state index contributed by atoms with van der Waals surface area (Å²) in [5.41, 5.74) is 11.1. The highest BCUT2D eigenvalue weighted by Crippen LogP contribution is 2.27. The SMILES string of the molecule is Cc1csc(C(C)CN=C(N)Nc2cccc3c2CCCC3)n1.I. The minimum atomic E-state index is 0. The molecule has 0 bridgehead atoms. The standard InChI is InChI=1S/C18H24N4S.HI/c1-12(17-21-13(2)11-23-17)10-20-18(19)22-16-9-5-7-14-6-3-4-8-15(14)16;/h5,7,9,11-12H,3-4,6,8,10H2,1-2H3,(H3,19,20,22);1H. The van der Waals surface area contributed by atoms with E-state index in [0.29, 0.717) is 18.4 Å². The van der Waals surface area contributed by atoms with Gasteiger partial charge in [-0.3, -0.25) is 4.99 Å². The summed E-state index contributed by atoms with van der Waals surface area (Å²) in [5, 5.41) is 6.49. The number of fused-ring (bicyclic) bond motifs is 1. The number of nitrogens with one attached hydrogen (secondary N) is 1. The Bertz CT molecular complexity index is 711. The molecule has 24 heavy (non-hydrogen) atoms. The molecule has 1 aliphatic rings. The van der Waals surface area contributed by atoms with E-state index in [1.165, 1.54) is 30.4 Å². The molecule has 0 aliphatic heterocycles. The Morgan fingerprint density at radius 3 is 2.92 bits per heavy atom. The van der Waals surface area contributed by atoms with E-state index in [0.717, 1.165) is 22.8 Å². The Labute approximate surface area is 165 Å². The fraction of sp³-hybridized carbons (Fsp3) is 0.444. The second kappa shape index (κ2) is 8.80. The Morgan fingerprint density at radius 1 is 1.38 bits per heavy atom. The molecule has 3 N–H and O–H groups in total. The van der Waals surface area contributed by atoms with Crippen LogP contribution in [0.3, 0.4) is 0 Å². The average molecular weight is 456 g/mol. The van der Waals surface area contributed by atoms with Crippen LogP contribution >= 0.6 is 35.3 Å². The minimum absolute atomic E-state index is 0. The lowest BCUT2D eigenvalue weighted by Gasteiger charge is -2.20. The van der Waals surface area contributed by atoms with E-state index in [9.17, 15) is 0 Å². The van der Waals surface area contributed by atoms with Gasteiger partial charge in [-0.2, -0.15) is 0 Å². The number of hydrogen-bond acceptors (Lipinski definition) is 3. The van der Waals surface area contributed by atoms with Crippen LogP contribution in [0.15, 0.2) is 28.6 Å². The van der Waals surface area contributed by atoms with Crippen molar-refractivity contribution in [2.45, 2.75) is 45.4 Å². The van der Waals surface area contributed by atoms with Gasteiger partial charge in [-0.05, 0) is 49.8 Å². The van der Waals surface area contributed by atoms with Crippen molar-refractivity contribution >= 4 is 47.0 Å². The number of nitrogens with zero attached hydrogens (tertiary/aromatic N) is 2. The molecule has 1 atom stereocenters. The van der Waals surface area contributed by atoms with Gasteiger partial charge in [0.25, 0.3) is 0 Å². The summed E-state index contributed by atoms with van der Waals surface area (Å²) in [5.74, 6) is 0.780. The largest absolute Gasteiger partial charge is 0.370 e. The van der Waals surface area contributed by atoms with Gasteiger partial charge >= 0.3 is 0 Å². The first-order chi connectivity index (χ1) is 11.1. The highest BCUT2D eigenvalue weighted by Gasteiger charge is 2.13. The van der Waals surface area contributed by atoms with Gasteiger partial charge in [-0.1, -0.05) is 19.1 Å². The topological polar surface area (TPSA) is 63.3 Å². The molecule has 1 aliphatic carbocycles. The van der Waals surface area contributed by atoms with E-state index in [1.54, 1.807) is 11.3 Å². The average Bonchev–Trinajstić information content (AvgIpc) is 2.99. The number of halogens is 1. The van der Waals surface area contributed by atoms with E-state index in [1.807, 2.05) is 6.92 Å². The third kappa shape index (κ3) is 4.69. The number of aliphatic imine (C=N–C) groups is 1. The molecule has 0 saturated heterocycles. The summed E-state index contributed by atoms with van der Waals surface area (Å²) in [6, 6.07) is 6.42. The lowest BCUT2D eigenvalue weighted by atomic mass is 9.90. The van der Waals surface area contributed by atoms with E-state index in [2.05, 4.69) is 45.8 Å². The smallest absolute Gasteiger partial charge is 0.193 e. The van der Waals surface area contributed by atoms with Crippen molar-refractivity contribution in [2.75, 3.05) is 11.9 Å². The molecule has 1 heterocycles. The first-order valence-corrected chi connectivity index (χ1v) is 9.11. The summed E-state index contributed by atoms with van der Waals surface area (Å²) < 4.78 is 0. The number of guanidine groups is 1. The van der Waals surface area contributed by atoms with E-state index in [-0.39, 0.29) is 24.0 Å². The van der Waals surface area contributed by atoms with Crippen molar-refractivity contribution in [3.05, 3.63) is 45.4 Å². The van der Waals surface area contributed by atoms with Crippen LogP contribution < -0.4 is 11.1 Å². The van der Waals surface area contributed by atoms with E-state index >= 15 is 0 Å². The number of thiazole rings is 1. The Kier molecular flexibility index (Phi) is 7.03. The molecule has 1 unspecified atom stereocenters. The molecule has 1 aromatic carbocycles. The number of nitrogens with two attached hydrogens (primary N) is 1. The van der Waals surface area contributed by atoms with Crippen molar-refractivity contribution in [2.24, 2.45) is 10.7 Å². The summed E-state index contributed by atoms with van der Waals surface area (Å²) in [6.07, 6.45) is 4.83. The fourth-order valence-corrected chi connectivity index (χ4v) is 3.84. The molecule has 0 fully saturated rings. The zero-order valence-electron chi connectivity index (χ0n) is 14.2. The fourth-order valence-electron chi connectivity index (χ4n) is 2.99. The van der Waals surface area contributed by atoms with Gasteiger partial charge < -0.3 is 11.1 Å². The van der Waals surface area contributed by atoms with Crippen LogP contribution in [0.25, 0.3) is 0 Å². The van der Waals surface area contributed by atoms with Gasteiger partial charge in [-0.15, -0.1) is 35.3 Å². The molecular weight excluding hydrogens is 431 g/mol. The van der Waals surface area contributed by atoms with Crippen molar-refractivity contribution < 1.29 is 0 Å². The Morgan fingerprint density at radius 2 is 2.17 bits per heavy atom. The summed E-state index contributed by atoms with van der Waals surface area (Å²) in [6.45, 7) is 4.81. The van der Waals surface area contributed by atoms with Gasteiger partial charge in [0.15, 0.2) is 5.96 Å². The van der Waals surface area contributed by atoms with Crippen molar-refractivity contribution in [3.8, 4) is 0 Å². The lowest BCUT2D eigenvalue weighted by Crippen LogP contribution is -2.24. The molecule has 4 nitrogen and oxygen atoms in total. The first-order valence-electron chi connectivity index (χ1n) is 8.23. The molecule has 0 amide bonds. The number of rotatable bonds is 4. The molecule has 130 valence electrons. The highest BCUT2D eigenvalue weighted by atomic mass is 127. The third-order valence-corrected chi connectivity index (χ3v) is 5.45. The van der Waals surface area contributed by atoms with Crippen LogP contribution in [0.4, 0.5) is 5.69 Å². The second-order valence-electron chi connectivity index (χ2n) is 6.23. The van der Waals surface area contributed by atoms with E-state index < -0.39 is 0 Å². The second-order valence-corrected chi connectivity index (χ2v) is 7.12. The van der Waals surface area contributed by atoms with Crippen LogP contribution in [0.2, 0.25) is 0 Å². The molecule has 2 aromatic rings. The number of anilines is 1. The molecular formula is C18H25IN4S. The predicted octanol–water partition coefficient (Wildman–Crippen LogP) is 4.48. The number of hydrogen-bond donors (Lipinski definition) is 2. The first kappa shape index (κ1) is 19.2. The van der Waals surface area contributed by atoms with E-state index in [4.69, 9.17) is 5.73 Å².